The number of ether oxygens (including phenoxy) is 2. The number of carboxylic acid groups (broad SMARTS) is 1. The van der Waals surface area contributed by atoms with Crippen LogP contribution in [0.25, 0.3) is 0 Å². The number of para-hydroxylation sites is 2. The van der Waals surface area contributed by atoms with Gasteiger partial charge >= 0.3 is 5.97 Å². The number of hydrogen-bond acceptors (Lipinski definition) is 4. The van der Waals surface area contributed by atoms with Gasteiger partial charge in [0.2, 0.25) is 5.91 Å². The predicted octanol–water partition coefficient (Wildman–Crippen LogP) is 2.29. The predicted molar refractivity (Wildman–Crippen MR) is 81.0 cm³/mol. The van der Waals surface area contributed by atoms with Gasteiger partial charge in [0.1, 0.15) is 11.9 Å². The quantitative estimate of drug-likeness (QED) is 0.842. The van der Waals surface area contributed by atoms with Crippen molar-refractivity contribution in [2.75, 3.05) is 18.5 Å². The van der Waals surface area contributed by atoms with Crippen LogP contribution in [-0.2, 0) is 14.3 Å². The number of amides is 1. The molecule has 1 amide bonds. The van der Waals surface area contributed by atoms with Crippen molar-refractivity contribution in [1.29, 1.82) is 0 Å². The molecule has 1 aliphatic heterocycles. The molecule has 1 heterocycles. The van der Waals surface area contributed by atoms with E-state index in [0.717, 1.165) is 6.42 Å². The fraction of sp³-hybridized carbons (Fsp3) is 0.500. The molecule has 6 heteroatoms. The molecule has 0 saturated carbocycles. The van der Waals surface area contributed by atoms with Crippen LogP contribution >= 0.6 is 0 Å². The highest BCUT2D eigenvalue weighted by atomic mass is 16.5. The monoisotopic (exact) mass is 307 g/mol. The minimum atomic E-state index is -1.11. The van der Waals surface area contributed by atoms with E-state index in [-0.39, 0.29) is 18.4 Å². The van der Waals surface area contributed by atoms with E-state index in [9.17, 15) is 9.59 Å². The molecule has 6 nitrogen and oxygen atoms in total. The summed E-state index contributed by atoms with van der Waals surface area (Å²) in [6, 6.07) is 7.12. The Morgan fingerprint density at radius 3 is 2.77 bits per heavy atom. The van der Waals surface area contributed by atoms with E-state index in [1.807, 2.05) is 6.07 Å². The van der Waals surface area contributed by atoms with Crippen molar-refractivity contribution in [3.63, 3.8) is 0 Å². The van der Waals surface area contributed by atoms with Crippen LogP contribution in [0.1, 0.15) is 26.7 Å². The largest absolute Gasteiger partial charge is 0.486 e. The van der Waals surface area contributed by atoms with Gasteiger partial charge in [-0.05, 0) is 26.0 Å². The SMILES string of the molecule is CC(C)(CC(=O)Nc1ccccc1OC1CCOC1)C(=O)O. The van der Waals surface area contributed by atoms with Crippen molar-refractivity contribution in [2.24, 2.45) is 5.41 Å². The van der Waals surface area contributed by atoms with Crippen molar-refractivity contribution in [3.8, 4) is 5.75 Å². The topological polar surface area (TPSA) is 84.9 Å². The van der Waals surface area contributed by atoms with Gasteiger partial charge < -0.3 is 19.9 Å². The molecule has 1 aliphatic rings. The maximum atomic E-state index is 12.1. The third kappa shape index (κ3) is 4.21. The molecule has 1 atom stereocenters. The molecule has 0 aromatic heterocycles. The summed E-state index contributed by atoms with van der Waals surface area (Å²) in [4.78, 5) is 23.2. The number of rotatable bonds is 6. The maximum absolute atomic E-state index is 12.1. The summed E-state index contributed by atoms with van der Waals surface area (Å²) >= 11 is 0. The first-order chi connectivity index (χ1) is 10.4. The fourth-order valence-electron chi connectivity index (χ4n) is 2.13. The van der Waals surface area contributed by atoms with Crippen molar-refractivity contribution in [2.45, 2.75) is 32.8 Å². The van der Waals surface area contributed by atoms with Gasteiger partial charge in [-0.15, -0.1) is 0 Å². The molecule has 1 unspecified atom stereocenters. The summed E-state index contributed by atoms with van der Waals surface area (Å²) in [6.07, 6.45) is 0.686. The van der Waals surface area contributed by atoms with Crippen LogP contribution in [0.2, 0.25) is 0 Å². The lowest BCUT2D eigenvalue weighted by molar-refractivity contribution is -0.148. The summed E-state index contributed by atoms with van der Waals surface area (Å²) in [5, 5.41) is 11.8. The van der Waals surface area contributed by atoms with Gasteiger partial charge in [-0.2, -0.15) is 0 Å². The van der Waals surface area contributed by atoms with E-state index < -0.39 is 11.4 Å². The zero-order valence-corrected chi connectivity index (χ0v) is 12.8. The molecule has 2 N–H and O–H groups in total. The molecule has 1 saturated heterocycles. The van der Waals surface area contributed by atoms with Gasteiger partial charge in [0.05, 0.1) is 24.3 Å². The van der Waals surface area contributed by atoms with E-state index in [2.05, 4.69) is 5.32 Å². The standard InChI is InChI=1S/C16H21NO5/c1-16(2,15(19)20)9-14(18)17-12-5-3-4-6-13(12)22-11-7-8-21-10-11/h3-6,11H,7-10H2,1-2H3,(H,17,18)(H,19,20). The average molecular weight is 307 g/mol. The molecular weight excluding hydrogens is 286 g/mol. The Bertz CT molecular complexity index is 549. The highest BCUT2D eigenvalue weighted by molar-refractivity contribution is 5.95. The molecular formula is C16H21NO5. The first kappa shape index (κ1) is 16.3. The number of carboxylic acids is 1. The Balaban J connectivity index is 2.02. The highest BCUT2D eigenvalue weighted by Gasteiger charge is 2.30. The molecule has 0 spiro atoms. The van der Waals surface area contributed by atoms with E-state index in [0.29, 0.717) is 24.7 Å². The maximum Gasteiger partial charge on any atom is 0.309 e. The summed E-state index contributed by atoms with van der Waals surface area (Å²) in [7, 11) is 0. The lowest BCUT2D eigenvalue weighted by Gasteiger charge is -2.20. The van der Waals surface area contributed by atoms with E-state index >= 15 is 0 Å². The Labute approximate surface area is 129 Å². The molecule has 2 rings (SSSR count). The van der Waals surface area contributed by atoms with Crippen LogP contribution in [-0.4, -0.2) is 36.3 Å². The van der Waals surface area contributed by atoms with Crippen molar-refractivity contribution >= 4 is 17.6 Å². The molecule has 22 heavy (non-hydrogen) atoms. The Morgan fingerprint density at radius 1 is 1.41 bits per heavy atom. The van der Waals surface area contributed by atoms with Gasteiger partial charge in [0, 0.05) is 12.8 Å². The number of carbonyl (C=O) groups is 2. The second kappa shape index (κ2) is 6.79. The molecule has 120 valence electrons. The fourth-order valence-corrected chi connectivity index (χ4v) is 2.13. The van der Waals surface area contributed by atoms with Crippen LogP contribution in [0.4, 0.5) is 5.69 Å². The zero-order chi connectivity index (χ0) is 16.2. The second-order valence-electron chi connectivity index (χ2n) is 6.01. The Morgan fingerprint density at radius 2 is 2.14 bits per heavy atom. The van der Waals surface area contributed by atoms with Crippen molar-refractivity contribution < 1.29 is 24.2 Å². The average Bonchev–Trinajstić information content (AvgIpc) is 2.93. The molecule has 1 aromatic rings. The lowest BCUT2D eigenvalue weighted by Crippen LogP contribution is -2.29. The molecule has 1 fully saturated rings. The normalized spacial score (nSPS) is 18.0. The van der Waals surface area contributed by atoms with Gasteiger partial charge in [-0.1, -0.05) is 12.1 Å². The van der Waals surface area contributed by atoms with Crippen LogP contribution in [0.5, 0.6) is 5.75 Å². The highest BCUT2D eigenvalue weighted by Crippen LogP contribution is 2.28. The molecule has 0 aliphatic carbocycles. The number of anilines is 1. The van der Waals surface area contributed by atoms with Crippen LogP contribution in [0.15, 0.2) is 24.3 Å². The van der Waals surface area contributed by atoms with E-state index in [1.165, 1.54) is 13.8 Å². The Kier molecular flexibility index (Phi) is 5.03. The minimum Gasteiger partial charge on any atom is -0.486 e. The third-order valence-corrected chi connectivity index (χ3v) is 3.52. The third-order valence-electron chi connectivity index (χ3n) is 3.52. The number of hydrogen-bond donors (Lipinski definition) is 2. The van der Waals surface area contributed by atoms with Crippen LogP contribution < -0.4 is 10.1 Å². The van der Waals surface area contributed by atoms with E-state index in [4.69, 9.17) is 14.6 Å². The second-order valence-corrected chi connectivity index (χ2v) is 6.01. The molecule has 0 radical (unpaired) electrons. The number of benzene rings is 1. The number of carbonyl (C=O) groups excluding carboxylic acids is 1. The van der Waals surface area contributed by atoms with Gasteiger partial charge in [-0.25, -0.2) is 0 Å². The number of nitrogens with one attached hydrogen (secondary N) is 1. The van der Waals surface area contributed by atoms with Crippen molar-refractivity contribution in [1.82, 2.24) is 0 Å². The zero-order valence-electron chi connectivity index (χ0n) is 12.8. The smallest absolute Gasteiger partial charge is 0.309 e. The minimum absolute atomic E-state index is 0.0199. The van der Waals surface area contributed by atoms with Crippen molar-refractivity contribution in [3.05, 3.63) is 24.3 Å². The first-order valence-electron chi connectivity index (χ1n) is 7.25. The van der Waals surface area contributed by atoms with E-state index in [1.54, 1.807) is 18.2 Å². The summed E-state index contributed by atoms with van der Waals surface area (Å²) in [5.41, 5.74) is -0.570. The molecule has 0 bridgehead atoms. The summed E-state index contributed by atoms with van der Waals surface area (Å²) in [6.45, 7) is 4.25. The van der Waals surface area contributed by atoms with Gasteiger partial charge in [0.25, 0.3) is 0 Å². The Hall–Kier alpha value is -2.08. The van der Waals surface area contributed by atoms with Gasteiger partial charge in [0.15, 0.2) is 0 Å². The van der Waals surface area contributed by atoms with Gasteiger partial charge in [-0.3, -0.25) is 9.59 Å². The lowest BCUT2D eigenvalue weighted by atomic mass is 9.89. The number of aliphatic carboxylic acids is 1. The first-order valence-corrected chi connectivity index (χ1v) is 7.25. The summed E-state index contributed by atoms with van der Waals surface area (Å²) < 4.78 is 11.1. The van der Waals surface area contributed by atoms with Crippen LogP contribution in [0, 0.1) is 5.41 Å². The van der Waals surface area contributed by atoms with Crippen LogP contribution in [0.3, 0.4) is 0 Å². The summed E-state index contributed by atoms with van der Waals surface area (Å²) in [5.74, 6) is -0.791. The molecule has 1 aromatic carbocycles.